The molecule has 0 bridgehead atoms. The number of carbonyl (C=O) groups is 2. The van der Waals surface area contributed by atoms with E-state index in [0.717, 1.165) is 16.5 Å². The summed E-state index contributed by atoms with van der Waals surface area (Å²) < 4.78 is 46.0. The summed E-state index contributed by atoms with van der Waals surface area (Å²) in [5.41, 5.74) is 8.40. The first-order chi connectivity index (χ1) is 21.7. The number of rotatable bonds is 5. The Hall–Kier alpha value is -3.73. The van der Waals surface area contributed by atoms with E-state index in [0.29, 0.717) is 42.8 Å². The molecule has 11 heteroatoms. The molecule has 1 saturated carbocycles. The van der Waals surface area contributed by atoms with Gasteiger partial charge in [-0.05, 0) is 76.3 Å². The minimum atomic E-state index is -2.66. The Kier molecular flexibility index (Phi) is 11.5. The van der Waals surface area contributed by atoms with Crippen molar-refractivity contribution in [3.05, 3.63) is 52.8 Å². The van der Waals surface area contributed by atoms with E-state index in [1.807, 2.05) is 67.5 Å². The number of nitrogen functional groups attached to an aromatic ring is 1. The molecular weight excluding hydrogens is 594 g/mol. The summed E-state index contributed by atoms with van der Waals surface area (Å²) >= 11 is 0. The molecule has 2 aliphatic rings. The number of halogens is 2. The van der Waals surface area contributed by atoms with Gasteiger partial charge in [0.2, 0.25) is 5.92 Å². The quantitative estimate of drug-likeness (QED) is 0.276. The normalized spacial score (nSPS) is 18.4. The second-order valence-electron chi connectivity index (χ2n) is 12.6. The van der Waals surface area contributed by atoms with E-state index in [1.54, 1.807) is 25.4 Å². The predicted molar refractivity (Wildman–Crippen MR) is 177 cm³/mol. The van der Waals surface area contributed by atoms with Crippen LogP contribution >= 0.6 is 0 Å². The summed E-state index contributed by atoms with van der Waals surface area (Å²) in [6.45, 7) is 16.3. The van der Waals surface area contributed by atoms with Gasteiger partial charge in [0.15, 0.2) is 5.69 Å². The first kappa shape index (κ1) is 36.7. The number of benzene rings is 1. The Morgan fingerprint density at radius 1 is 1.09 bits per heavy atom. The number of esters is 1. The molecule has 1 aliphatic carbocycles. The molecule has 3 aromatic rings. The van der Waals surface area contributed by atoms with Crippen molar-refractivity contribution in [2.24, 2.45) is 5.41 Å². The van der Waals surface area contributed by atoms with E-state index in [4.69, 9.17) is 19.9 Å². The van der Waals surface area contributed by atoms with Crippen molar-refractivity contribution < 1.29 is 32.6 Å². The highest BCUT2D eigenvalue weighted by atomic mass is 19.3. The number of piperidine rings is 1. The molecule has 46 heavy (non-hydrogen) atoms. The Morgan fingerprint density at radius 2 is 1.74 bits per heavy atom. The number of nitrogens with two attached hydrogens (primary N) is 1. The summed E-state index contributed by atoms with van der Waals surface area (Å²) in [6, 6.07) is 6.73. The molecule has 254 valence electrons. The number of anilines is 1. The molecule has 0 radical (unpaired) electrons. The van der Waals surface area contributed by atoms with Crippen LogP contribution in [0.1, 0.15) is 107 Å². The largest absolute Gasteiger partial charge is 0.496 e. The van der Waals surface area contributed by atoms with E-state index in [1.165, 1.54) is 11.7 Å². The van der Waals surface area contributed by atoms with Gasteiger partial charge in [-0.2, -0.15) is 0 Å². The highest BCUT2D eigenvalue weighted by molar-refractivity contribution is 5.95. The average molecular weight is 645 g/mol. The Morgan fingerprint density at radius 3 is 2.28 bits per heavy atom. The SMILES string of the molecule is CC.CC.COC(=O)c1ccc(C2CC3(CCN2Cc2c(OC)cc(C)c4c2ccn4C(=O)OC(C)(C)C)CC(F)(F)C3)c(N)n1. The number of nitrogens with zero attached hydrogens (tertiary/aromatic N) is 3. The van der Waals surface area contributed by atoms with E-state index in [-0.39, 0.29) is 30.4 Å². The fraction of sp³-hybridized carbons (Fsp3) is 0.571. The van der Waals surface area contributed by atoms with E-state index < -0.39 is 29.0 Å². The number of ether oxygens (including phenoxy) is 3. The van der Waals surface area contributed by atoms with Gasteiger partial charge in [-0.1, -0.05) is 33.8 Å². The van der Waals surface area contributed by atoms with Gasteiger partial charge < -0.3 is 19.9 Å². The molecule has 1 aromatic carbocycles. The van der Waals surface area contributed by atoms with Crippen molar-refractivity contribution in [3.63, 3.8) is 0 Å². The Balaban J connectivity index is 0.00000139. The van der Waals surface area contributed by atoms with Gasteiger partial charge in [-0.3, -0.25) is 9.47 Å². The van der Waals surface area contributed by atoms with Crippen LogP contribution < -0.4 is 10.5 Å². The summed E-state index contributed by atoms with van der Waals surface area (Å²) in [4.78, 5) is 31.6. The second kappa shape index (κ2) is 14.4. The Bertz CT molecular complexity index is 1540. The number of methoxy groups -OCH3 is 2. The van der Waals surface area contributed by atoms with Gasteiger partial charge >= 0.3 is 12.1 Å². The predicted octanol–water partition coefficient (Wildman–Crippen LogP) is 8.31. The number of fused-ring (bicyclic) bond motifs is 1. The fourth-order valence-corrected chi connectivity index (χ4v) is 6.60. The first-order valence-electron chi connectivity index (χ1n) is 16.0. The van der Waals surface area contributed by atoms with Crippen LogP contribution in [0, 0.1) is 12.3 Å². The molecule has 9 nitrogen and oxygen atoms in total. The Labute approximate surface area is 271 Å². The summed E-state index contributed by atoms with van der Waals surface area (Å²) in [6.07, 6.45) is 1.99. The number of hydrogen-bond acceptors (Lipinski definition) is 8. The molecule has 2 fully saturated rings. The summed E-state index contributed by atoms with van der Waals surface area (Å²) in [5.74, 6) is -2.45. The van der Waals surface area contributed by atoms with Gasteiger partial charge in [0.1, 0.15) is 17.2 Å². The van der Waals surface area contributed by atoms with Crippen LogP contribution in [-0.2, 0) is 16.0 Å². The zero-order valence-corrected chi connectivity index (χ0v) is 28.9. The maximum Gasteiger partial charge on any atom is 0.419 e. The van der Waals surface area contributed by atoms with Crippen molar-refractivity contribution in [3.8, 4) is 5.75 Å². The zero-order chi connectivity index (χ0) is 34.6. The average Bonchev–Trinajstić information content (AvgIpc) is 3.45. The second-order valence-corrected chi connectivity index (χ2v) is 12.6. The van der Waals surface area contributed by atoms with Crippen molar-refractivity contribution in [2.45, 2.75) is 105 Å². The van der Waals surface area contributed by atoms with Gasteiger partial charge in [0, 0.05) is 48.1 Å². The number of hydrogen-bond donors (Lipinski definition) is 1. The maximum absolute atomic E-state index is 14.1. The lowest BCUT2D eigenvalue weighted by Gasteiger charge is -2.54. The molecule has 1 aliphatic heterocycles. The summed E-state index contributed by atoms with van der Waals surface area (Å²) in [7, 11) is 2.87. The molecule has 1 atom stereocenters. The lowest BCUT2D eigenvalue weighted by molar-refractivity contribution is -0.186. The highest BCUT2D eigenvalue weighted by Gasteiger charge is 2.58. The van der Waals surface area contributed by atoms with Crippen LogP contribution in [0.25, 0.3) is 10.9 Å². The number of carbonyl (C=O) groups excluding carboxylic acids is 2. The van der Waals surface area contributed by atoms with Crippen LogP contribution in [0.5, 0.6) is 5.75 Å². The van der Waals surface area contributed by atoms with Crippen molar-refractivity contribution in [1.29, 1.82) is 0 Å². The molecule has 0 amide bonds. The number of aryl methyl sites for hydroxylation is 1. The van der Waals surface area contributed by atoms with Crippen molar-refractivity contribution in [1.82, 2.24) is 14.5 Å². The van der Waals surface area contributed by atoms with E-state index >= 15 is 0 Å². The van der Waals surface area contributed by atoms with Crippen LogP contribution in [0.2, 0.25) is 0 Å². The fourth-order valence-electron chi connectivity index (χ4n) is 6.60. The van der Waals surface area contributed by atoms with Gasteiger partial charge in [-0.25, -0.2) is 23.4 Å². The topological polar surface area (TPSA) is 109 Å². The minimum Gasteiger partial charge on any atom is -0.496 e. The lowest BCUT2D eigenvalue weighted by Crippen LogP contribution is -2.53. The van der Waals surface area contributed by atoms with Gasteiger partial charge in [0.05, 0.1) is 19.7 Å². The molecule has 1 unspecified atom stereocenters. The molecular formula is C35H50F2N4O5. The van der Waals surface area contributed by atoms with Crippen molar-refractivity contribution in [2.75, 3.05) is 26.5 Å². The van der Waals surface area contributed by atoms with Crippen LogP contribution in [0.4, 0.5) is 19.4 Å². The van der Waals surface area contributed by atoms with E-state index in [9.17, 15) is 18.4 Å². The highest BCUT2D eigenvalue weighted by Crippen LogP contribution is 2.61. The molecule has 1 spiro atoms. The third-order valence-electron chi connectivity index (χ3n) is 8.38. The van der Waals surface area contributed by atoms with Crippen LogP contribution in [0.15, 0.2) is 30.5 Å². The molecule has 5 rings (SSSR count). The molecule has 3 heterocycles. The van der Waals surface area contributed by atoms with Gasteiger partial charge in [-0.15, -0.1) is 0 Å². The zero-order valence-electron chi connectivity index (χ0n) is 28.9. The third-order valence-corrected chi connectivity index (χ3v) is 8.38. The third kappa shape index (κ3) is 7.62. The minimum absolute atomic E-state index is 0.0800. The standard InChI is InChI=1S/C31H38F2N4O5.2C2H6/c1-18-13-24(40-5)21(19-9-11-37(25(18)19)28(39)42-29(2,3)4)15-36-12-10-30(16-31(32,33)17-30)14-23(36)20-7-8-22(27(38)41-6)35-26(20)34;2*1-2/h7-9,11,13,23H,10,12,14-17H2,1-6H3,(H2,34,35);2*1-2H3. The van der Waals surface area contributed by atoms with Crippen LogP contribution in [0.3, 0.4) is 0 Å². The number of alkyl halides is 2. The van der Waals surface area contributed by atoms with Gasteiger partial charge in [0.25, 0.3) is 0 Å². The molecule has 2 N–H and O–H groups in total. The maximum atomic E-state index is 14.1. The summed E-state index contributed by atoms with van der Waals surface area (Å²) in [5, 5.41) is 0.832. The van der Waals surface area contributed by atoms with Crippen LogP contribution in [-0.4, -0.2) is 58.8 Å². The number of pyridine rings is 1. The molecule has 1 saturated heterocycles. The molecule has 2 aromatic heterocycles. The smallest absolute Gasteiger partial charge is 0.419 e. The first-order valence-corrected chi connectivity index (χ1v) is 16.0. The monoisotopic (exact) mass is 644 g/mol. The number of likely N-dealkylation sites (tertiary alicyclic amines) is 1. The lowest BCUT2D eigenvalue weighted by atomic mass is 9.59. The van der Waals surface area contributed by atoms with Crippen molar-refractivity contribution >= 4 is 28.8 Å². The number of aromatic nitrogens is 2. The van der Waals surface area contributed by atoms with E-state index in [2.05, 4.69) is 9.88 Å².